The first-order valence-electron chi connectivity index (χ1n) is 6.16. The fourth-order valence-electron chi connectivity index (χ4n) is 2.19. The predicted molar refractivity (Wildman–Crippen MR) is 72.2 cm³/mol. The largest absolute Gasteiger partial charge is 0.476 e. The van der Waals surface area contributed by atoms with E-state index in [-0.39, 0.29) is 5.69 Å². The van der Waals surface area contributed by atoms with E-state index in [0.29, 0.717) is 10.9 Å². The lowest BCUT2D eigenvalue weighted by molar-refractivity contribution is 0.0690. The van der Waals surface area contributed by atoms with Crippen LogP contribution in [0.3, 0.4) is 0 Å². The van der Waals surface area contributed by atoms with E-state index >= 15 is 0 Å². The van der Waals surface area contributed by atoms with Crippen LogP contribution in [0.5, 0.6) is 0 Å². The third kappa shape index (κ3) is 2.12. The summed E-state index contributed by atoms with van der Waals surface area (Å²) < 4.78 is 1.72. The van der Waals surface area contributed by atoms with E-state index in [1.807, 2.05) is 25.1 Å². The second-order valence-corrected chi connectivity index (χ2v) is 5.24. The van der Waals surface area contributed by atoms with Gasteiger partial charge in [0, 0.05) is 16.6 Å². The lowest BCUT2D eigenvalue weighted by atomic mass is 10.2. The van der Waals surface area contributed by atoms with Crippen molar-refractivity contribution < 1.29 is 9.90 Å². The molecule has 1 aromatic heterocycles. The quantitative estimate of drug-likeness (QED) is 0.935. The van der Waals surface area contributed by atoms with Crippen LogP contribution in [0.2, 0.25) is 5.02 Å². The Balaban J connectivity index is 2.18. The Morgan fingerprint density at radius 3 is 2.84 bits per heavy atom. The number of carboxylic acids is 1. The summed E-state index contributed by atoms with van der Waals surface area (Å²) >= 11 is 6.12. The van der Waals surface area contributed by atoms with E-state index in [9.17, 15) is 4.79 Å². The molecular formula is C14H13ClN2O2. The Morgan fingerprint density at radius 2 is 2.21 bits per heavy atom. The van der Waals surface area contributed by atoms with Gasteiger partial charge < -0.3 is 5.11 Å². The molecule has 0 atom stereocenters. The van der Waals surface area contributed by atoms with Crippen molar-refractivity contribution >= 4 is 17.6 Å². The number of hydrogen-bond acceptors (Lipinski definition) is 2. The van der Waals surface area contributed by atoms with E-state index in [4.69, 9.17) is 16.7 Å². The van der Waals surface area contributed by atoms with Gasteiger partial charge in [-0.15, -0.1) is 0 Å². The van der Waals surface area contributed by atoms with E-state index in [2.05, 4.69) is 5.10 Å². The number of nitrogens with zero attached hydrogens (tertiary/aromatic N) is 2. The molecule has 0 spiro atoms. The van der Waals surface area contributed by atoms with Crippen molar-refractivity contribution in [3.8, 4) is 5.69 Å². The zero-order valence-electron chi connectivity index (χ0n) is 10.4. The molecule has 0 aliphatic heterocycles. The fraction of sp³-hybridized carbons (Fsp3) is 0.286. The molecule has 1 aromatic carbocycles. The van der Waals surface area contributed by atoms with Crippen molar-refractivity contribution in [2.45, 2.75) is 25.7 Å². The molecule has 1 heterocycles. The second kappa shape index (κ2) is 4.38. The molecule has 98 valence electrons. The highest BCUT2D eigenvalue weighted by Gasteiger charge is 2.30. The van der Waals surface area contributed by atoms with E-state index < -0.39 is 5.97 Å². The van der Waals surface area contributed by atoms with Crippen LogP contribution in [0.15, 0.2) is 24.3 Å². The normalized spacial score (nSPS) is 14.6. The minimum Gasteiger partial charge on any atom is -0.476 e. The summed E-state index contributed by atoms with van der Waals surface area (Å²) in [6, 6.07) is 7.24. The first kappa shape index (κ1) is 12.2. The molecule has 1 N–H and O–H groups in total. The maximum atomic E-state index is 11.1. The number of aromatic nitrogens is 2. The number of halogens is 1. The summed E-state index contributed by atoms with van der Waals surface area (Å²) in [5, 5.41) is 14.0. The predicted octanol–water partition coefficient (Wildman–Crippen LogP) is 3.41. The topological polar surface area (TPSA) is 55.1 Å². The van der Waals surface area contributed by atoms with Crippen LogP contribution >= 0.6 is 11.6 Å². The molecule has 4 nitrogen and oxygen atoms in total. The van der Waals surface area contributed by atoms with Gasteiger partial charge in [-0.3, -0.25) is 0 Å². The van der Waals surface area contributed by atoms with Crippen LogP contribution < -0.4 is 0 Å². The van der Waals surface area contributed by atoms with Gasteiger partial charge in [0.05, 0.1) is 5.69 Å². The average molecular weight is 277 g/mol. The van der Waals surface area contributed by atoms with Gasteiger partial charge in [-0.2, -0.15) is 5.10 Å². The van der Waals surface area contributed by atoms with Crippen molar-refractivity contribution in [2.24, 2.45) is 0 Å². The molecule has 1 aliphatic rings. The molecule has 1 fully saturated rings. The lowest BCUT2D eigenvalue weighted by Crippen LogP contribution is -2.05. The molecule has 0 saturated heterocycles. The summed E-state index contributed by atoms with van der Waals surface area (Å²) in [6.07, 6.45) is 2.18. The zero-order valence-corrected chi connectivity index (χ0v) is 11.2. The van der Waals surface area contributed by atoms with Crippen molar-refractivity contribution in [3.63, 3.8) is 0 Å². The van der Waals surface area contributed by atoms with Gasteiger partial charge in [-0.05, 0) is 43.5 Å². The minimum atomic E-state index is -1.000. The monoisotopic (exact) mass is 276 g/mol. The summed E-state index contributed by atoms with van der Waals surface area (Å²) in [5.41, 5.74) is 2.80. The van der Waals surface area contributed by atoms with Gasteiger partial charge in [-0.25, -0.2) is 9.48 Å². The number of hydrogen-bond donors (Lipinski definition) is 1. The van der Waals surface area contributed by atoms with E-state index in [1.54, 1.807) is 10.7 Å². The Hall–Kier alpha value is -1.81. The van der Waals surface area contributed by atoms with E-state index in [1.165, 1.54) is 0 Å². The van der Waals surface area contributed by atoms with Crippen LogP contribution in [-0.2, 0) is 0 Å². The molecule has 2 aromatic rings. The highest BCUT2D eigenvalue weighted by Crippen LogP contribution is 2.41. The summed E-state index contributed by atoms with van der Waals surface area (Å²) in [6.45, 7) is 1.91. The third-order valence-corrected chi connectivity index (χ3v) is 3.83. The number of rotatable bonds is 3. The molecule has 1 aliphatic carbocycles. The van der Waals surface area contributed by atoms with Gasteiger partial charge in [0.1, 0.15) is 0 Å². The number of benzene rings is 1. The van der Waals surface area contributed by atoms with Crippen molar-refractivity contribution in [3.05, 3.63) is 46.2 Å². The van der Waals surface area contributed by atoms with Crippen LogP contribution in [0, 0.1) is 6.92 Å². The lowest BCUT2D eigenvalue weighted by Gasteiger charge is -2.10. The average Bonchev–Trinajstić information content (AvgIpc) is 3.12. The number of carbonyl (C=O) groups is 1. The highest BCUT2D eigenvalue weighted by molar-refractivity contribution is 6.31. The van der Waals surface area contributed by atoms with E-state index in [0.717, 1.165) is 29.8 Å². The Morgan fingerprint density at radius 1 is 1.47 bits per heavy atom. The molecule has 3 rings (SSSR count). The van der Waals surface area contributed by atoms with Gasteiger partial charge in [0.25, 0.3) is 0 Å². The van der Waals surface area contributed by atoms with Crippen LogP contribution in [0.25, 0.3) is 5.69 Å². The summed E-state index contributed by atoms with van der Waals surface area (Å²) in [5.74, 6) is -0.584. The van der Waals surface area contributed by atoms with Gasteiger partial charge in [0.2, 0.25) is 0 Å². The standard InChI is InChI=1S/C14H13ClN2O2/c1-8-10(15)3-2-4-12(8)17-13(9-5-6-9)7-11(16-17)14(18)19/h2-4,7,9H,5-6H2,1H3,(H,18,19). The van der Waals surface area contributed by atoms with Crippen molar-refractivity contribution in [1.82, 2.24) is 9.78 Å². The van der Waals surface area contributed by atoms with Gasteiger partial charge in [-0.1, -0.05) is 17.7 Å². The van der Waals surface area contributed by atoms with Crippen LogP contribution in [-0.4, -0.2) is 20.9 Å². The summed E-state index contributed by atoms with van der Waals surface area (Å²) in [4.78, 5) is 11.1. The number of carboxylic acid groups (broad SMARTS) is 1. The Bertz CT molecular complexity index is 659. The SMILES string of the molecule is Cc1c(Cl)cccc1-n1nc(C(=O)O)cc1C1CC1. The maximum absolute atomic E-state index is 11.1. The van der Waals surface area contributed by atoms with Crippen LogP contribution in [0.4, 0.5) is 0 Å². The molecule has 0 unspecified atom stereocenters. The number of aromatic carboxylic acids is 1. The van der Waals surface area contributed by atoms with Crippen molar-refractivity contribution in [1.29, 1.82) is 0 Å². The molecule has 19 heavy (non-hydrogen) atoms. The molecular weight excluding hydrogens is 264 g/mol. The maximum Gasteiger partial charge on any atom is 0.356 e. The van der Waals surface area contributed by atoms with Crippen LogP contribution in [0.1, 0.15) is 40.5 Å². The van der Waals surface area contributed by atoms with Gasteiger partial charge in [0.15, 0.2) is 5.69 Å². The highest BCUT2D eigenvalue weighted by atomic mass is 35.5. The second-order valence-electron chi connectivity index (χ2n) is 4.83. The zero-order chi connectivity index (χ0) is 13.6. The molecule has 1 saturated carbocycles. The smallest absolute Gasteiger partial charge is 0.356 e. The fourth-order valence-corrected chi connectivity index (χ4v) is 2.36. The third-order valence-electron chi connectivity index (χ3n) is 3.42. The Kier molecular flexibility index (Phi) is 2.82. The Labute approximate surface area is 115 Å². The van der Waals surface area contributed by atoms with Gasteiger partial charge >= 0.3 is 5.97 Å². The molecule has 0 bridgehead atoms. The summed E-state index contributed by atoms with van der Waals surface area (Å²) in [7, 11) is 0. The minimum absolute atomic E-state index is 0.0845. The molecule has 5 heteroatoms. The molecule has 0 amide bonds. The first-order valence-corrected chi connectivity index (χ1v) is 6.54. The first-order chi connectivity index (χ1) is 9.08. The molecule has 0 radical (unpaired) electrons. The van der Waals surface area contributed by atoms with Crippen molar-refractivity contribution in [2.75, 3.05) is 0 Å².